The van der Waals surface area contributed by atoms with Crippen LogP contribution in [0.25, 0.3) is 0 Å². The van der Waals surface area contributed by atoms with Crippen LogP contribution in [0.1, 0.15) is 23.2 Å². The number of piperazine rings is 1. The molecule has 5 nitrogen and oxygen atoms in total. The minimum Gasteiger partial charge on any atom is -0.369 e. The molecule has 0 atom stereocenters. The molecule has 2 saturated heterocycles. The van der Waals surface area contributed by atoms with Gasteiger partial charge in [0.15, 0.2) is 0 Å². The summed E-state index contributed by atoms with van der Waals surface area (Å²) < 4.78 is 13.1. The van der Waals surface area contributed by atoms with Crippen molar-refractivity contribution < 1.29 is 4.39 Å². The van der Waals surface area contributed by atoms with E-state index in [1.807, 2.05) is 12.1 Å². The van der Waals surface area contributed by atoms with Gasteiger partial charge >= 0.3 is 0 Å². The van der Waals surface area contributed by atoms with Crippen molar-refractivity contribution in [2.24, 2.45) is 0 Å². The Labute approximate surface area is 165 Å². The molecule has 2 fully saturated rings. The Morgan fingerprint density at radius 1 is 1.00 bits per heavy atom. The van der Waals surface area contributed by atoms with Gasteiger partial charge in [0.1, 0.15) is 17.7 Å². The zero-order valence-electron chi connectivity index (χ0n) is 15.9. The summed E-state index contributed by atoms with van der Waals surface area (Å²) in [5, 5.41) is 9.53. The van der Waals surface area contributed by atoms with E-state index in [-0.39, 0.29) is 5.82 Å². The largest absolute Gasteiger partial charge is 0.369 e. The number of hydrogen-bond donors (Lipinski definition) is 0. The first-order valence-corrected chi connectivity index (χ1v) is 10.1. The highest BCUT2D eigenvalue weighted by Crippen LogP contribution is 2.31. The number of aromatic nitrogens is 1. The summed E-state index contributed by atoms with van der Waals surface area (Å²) in [4.78, 5) is 11.9. The van der Waals surface area contributed by atoms with Gasteiger partial charge in [0, 0.05) is 56.7 Å². The first-order valence-electron chi connectivity index (χ1n) is 10.1. The van der Waals surface area contributed by atoms with Crippen LogP contribution in [0.4, 0.5) is 15.9 Å². The van der Waals surface area contributed by atoms with Crippen LogP contribution in [-0.2, 0) is 12.8 Å². The van der Waals surface area contributed by atoms with Crippen molar-refractivity contribution in [1.82, 2.24) is 9.88 Å². The number of nitriles is 1. The lowest BCUT2D eigenvalue weighted by atomic mass is 10.0. The maximum atomic E-state index is 13.1. The minimum absolute atomic E-state index is 0.186. The van der Waals surface area contributed by atoms with Gasteiger partial charge < -0.3 is 9.80 Å². The van der Waals surface area contributed by atoms with Gasteiger partial charge in [-0.2, -0.15) is 5.26 Å². The Hall–Kier alpha value is -2.65. The van der Waals surface area contributed by atoms with Crippen molar-refractivity contribution in [3.63, 3.8) is 0 Å². The number of nitrogens with zero attached hydrogens (tertiary/aromatic N) is 5. The number of rotatable bonds is 3. The molecule has 1 aromatic carbocycles. The number of anilines is 2. The maximum Gasteiger partial charge on any atom is 0.146 e. The molecule has 2 aromatic rings. The smallest absolute Gasteiger partial charge is 0.146 e. The fraction of sp³-hybridized carbons (Fsp3) is 0.455. The number of hydrogen-bond acceptors (Lipinski definition) is 5. The molecule has 144 valence electrons. The first kappa shape index (κ1) is 17.4. The highest BCUT2D eigenvalue weighted by molar-refractivity contribution is 5.58. The maximum absolute atomic E-state index is 13.1. The highest BCUT2D eigenvalue weighted by atomic mass is 19.1. The summed E-state index contributed by atoms with van der Waals surface area (Å²) >= 11 is 0. The lowest BCUT2D eigenvalue weighted by molar-refractivity contribution is 0.156. The molecular formula is C22H24FN5. The Morgan fingerprint density at radius 3 is 2.46 bits per heavy atom. The van der Waals surface area contributed by atoms with Crippen LogP contribution in [0, 0.1) is 17.1 Å². The summed E-state index contributed by atoms with van der Waals surface area (Å²) in [6.07, 6.45) is 3.24. The molecule has 3 heterocycles. The average Bonchev–Trinajstić information content (AvgIpc) is 3.15. The fourth-order valence-corrected chi connectivity index (χ4v) is 4.64. The van der Waals surface area contributed by atoms with Gasteiger partial charge in [-0.3, -0.25) is 4.90 Å². The number of pyridine rings is 1. The minimum atomic E-state index is -0.186. The third kappa shape index (κ3) is 3.10. The molecule has 0 unspecified atom stereocenters. The van der Waals surface area contributed by atoms with E-state index in [1.165, 1.54) is 23.4 Å². The summed E-state index contributed by atoms with van der Waals surface area (Å²) in [7, 11) is 0. The normalized spacial score (nSPS) is 20.0. The summed E-state index contributed by atoms with van der Waals surface area (Å²) in [6, 6.07) is 11.7. The third-order valence-electron chi connectivity index (χ3n) is 6.34. The molecule has 6 heteroatoms. The van der Waals surface area contributed by atoms with Crippen LogP contribution < -0.4 is 9.80 Å². The standard InChI is InChI=1S/C22H24FN5/c23-18-4-6-19(7-5-18)26-8-10-27(11-9-26)20-14-28(15-20)22-17(13-24)12-16-2-1-3-21(16)25-22/h4-7,12,20H,1-3,8-11,14-15H2. The Bertz CT molecular complexity index is 906. The fourth-order valence-electron chi connectivity index (χ4n) is 4.64. The summed E-state index contributed by atoms with van der Waals surface area (Å²) in [5.74, 6) is 0.693. The second kappa shape index (κ2) is 7.06. The molecule has 0 spiro atoms. The molecule has 0 saturated carbocycles. The molecule has 2 aliphatic heterocycles. The first-order chi connectivity index (χ1) is 13.7. The molecule has 5 rings (SSSR count). The average molecular weight is 377 g/mol. The molecule has 28 heavy (non-hydrogen) atoms. The second-order valence-corrected chi connectivity index (χ2v) is 7.99. The van der Waals surface area contributed by atoms with Crippen molar-refractivity contribution in [2.75, 3.05) is 49.1 Å². The summed E-state index contributed by atoms with van der Waals surface area (Å²) in [6.45, 7) is 5.83. The molecule has 0 N–H and O–H groups in total. The van der Waals surface area contributed by atoms with Crippen molar-refractivity contribution in [2.45, 2.75) is 25.3 Å². The second-order valence-electron chi connectivity index (χ2n) is 7.99. The lowest BCUT2D eigenvalue weighted by Crippen LogP contribution is -2.63. The van der Waals surface area contributed by atoms with Gasteiger partial charge in [-0.25, -0.2) is 9.37 Å². The molecule has 1 aliphatic carbocycles. The van der Waals surface area contributed by atoms with Crippen LogP contribution in [-0.4, -0.2) is 55.2 Å². The van der Waals surface area contributed by atoms with Crippen LogP contribution in [0.2, 0.25) is 0 Å². The number of aryl methyl sites for hydroxylation is 2. The SMILES string of the molecule is N#Cc1cc2c(nc1N1CC(N3CCN(c4ccc(F)cc4)CC3)C1)CCC2. The quantitative estimate of drug-likeness (QED) is 0.823. The number of halogens is 1. The van der Waals surface area contributed by atoms with Gasteiger partial charge in [-0.05, 0) is 55.2 Å². The lowest BCUT2D eigenvalue weighted by Gasteiger charge is -2.49. The van der Waals surface area contributed by atoms with Gasteiger partial charge in [-0.15, -0.1) is 0 Å². The van der Waals surface area contributed by atoms with Crippen LogP contribution in [0.5, 0.6) is 0 Å². The summed E-state index contributed by atoms with van der Waals surface area (Å²) in [5.41, 5.74) is 4.26. The molecule has 1 aromatic heterocycles. The Kier molecular flexibility index (Phi) is 4.40. The van der Waals surface area contributed by atoms with Crippen molar-refractivity contribution >= 4 is 11.5 Å². The van der Waals surface area contributed by atoms with E-state index in [0.29, 0.717) is 6.04 Å². The van der Waals surface area contributed by atoms with Gasteiger partial charge in [0.05, 0.1) is 5.56 Å². The molecule has 0 radical (unpaired) electrons. The molecular weight excluding hydrogens is 353 g/mol. The Balaban J connectivity index is 1.19. The van der Waals surface area contributed by atoms with Crippen LogP contribution in [0.15, 0.2) is 30.3 Å². The zero-order chi connectivity index (χ0) is 19.1. The van der Waals surface area contributed by atoms with E-state index in [9.17, 15) is 9.65 Å². The predicted octanol–water partition coefficient (Wildman–Crippen LogP) is 2.59. The third-order valence-corrected chi connectivity index (χ3v) is 6.34. The predicted molar refractivity (Wildman–Crippen MR) is 107 cm³/mol. The van der Waals surface area contributed by atoms with E-state index in [1.54, 1.807) is 0 Å². The zero-order valence-corrected chi connectivity index (χ0v) is 15.9. The number of benzene rings is 1. The van der Waals surface area contributed by atoms with Gasteiger partial charge in [0.25, 0.3) is 0 Å². The molecule has 3 aliphatic rings. The van der Waals surface area contributed by atoms with E-state index in [2.05, 4.69) is 26.8 Å². The van der Waals surface area contributed by atoms with Crippen molar-refractivity contribution in [3.8, 4) is 6.07 Å². The molecule has 0 bridgehead atoms. The molecule has 0 amide bonds. The van der Waals surface area contributed by atoms with E-state index in [4.69, 9.17) is 4.98 Å². The topological polar surface area (TPSA) is 46.4 Å². The van der Waals surface area contributed by atoms with Crippen LogP contribution in [0.3, 0.4) is 0 Å². The van der Waals surface area contributed by atoms with Gasteiger partial charge in [-0.1, -0.05) is 0 Å². The van der Waals surface area contributed by atoms with E-state index in [0.717, 1.165) is 75.6 Å². The van der Waals surface area contributed by atoms with Crippen molar-refractivity contribution in [1.29, 1.82) is 5.26 Å². The van der Waals surface area contributed by atoms with Crippen molar-refractivity contribution in [3.05, 3.63) is 53.0 Å². The van der Waals surface area contributed by atoms with E-state index >= 15 is 0 Å². The van der Waals surface area contributed by atoms with Gasteiger partial charge in [0.2, 0.25) is 0 Å². The highest BCUT2D eigenvalue weighted by Gasteiger charge is 2.35. The Morgan fingerprint density at radius 2 is 1.75 bits per heavy atom. The number of fused-ring (bicyclic) bond motifs is 1. The van der Waals surface area contributed by atoms with E-state index < -0.39 is 0 Å². The van der Waals surface area contributed by atoms with Crippen LogP contribution >= 0.6 is 0 Å². The monoisotopic (exact) mass is 377 g/mol.